The van der Waals surface area contributed by atoms with E-state index in [1.807, 2.05) is 25.6 Å². The maximum absolute atomic E-state index is 12.0. The van der Waals surface area contributed by atoms with Gasteiger partial charge in [-0.3, -0.25) is 9.69 Å². The summed E-state index contributed by atoms with van der Waals surface area (Å²) in [7, 11) is 0. The third-order valence-electron chi connectivity index (χ3n) is 2.57. The van der Waals surface area contributed by atoms with Gasteiger partial charge in [-0.1, -0.05) is 0 Å². The molecular formula is C11H22N2OS. The Bertz CT molecular complexity index is 219. The average Bonchev–Trinajstić information content (AvgIpc) is 2.16. The van der Waals surface area contributed by atoms with Crippen LogP contribution < -0.4 is 5.32 Å². The van der Waals surface area contributed by atoms with Crippen LogP contribution >= 0.6 is 11.8 Å². The van der Waals surface area contributed by atoms with Crippen LogP contribution in [0.25, 0.3) is 0 Å². The minimum absolute atomic E-state index is 0.0612. The maximum Gasteiger partial charge on any atom is 0.238 e. The summed E-state index contributed by atoms with van der Waals surface area (Å²) in [5.74, 6) is 2.26. The largest absolute Gasteiger partial charge is 0.353 e. The quantitative estimate of drug-likeness (QED) is 0.794. The third-order valence-corrected chi connectivity index (χ3v) is 3.59. The van der Waals surface area contributed by atoms with Crippen molar-refractivity contribution in [1.29, 1.82) is 0 Å². The van der Waals surface area contributed by atoms with E-state index in [0.717, 1.165) is 18.1 Å². The number of carbonyl (C=O) groups excluding carboxylic acids is 1. The molecule has 1 N–H and O–H groups in total. The molecule has 1 rings (SSSR count). The molecule has 1 aliphatic rings. The minimum atomic E-state index is 0.0612. The Kier molecular flexibility index (Phi) is 4.93. The van der Waals surface area contributed by atoms with E-state index in [2.05, 4.69) is 24.1 Å². The molecule has 0 aliphatic carbocycles. The summed E-state index contributed by atoms with van der Waals surface area (Å²) in [5, 5.41) is 3.00. The minimum Gasteiger partial charge on any atom is -0.353 e. The number of hydrogen-bond donors (Lipinski definition) is 1. The number of hydrogen-bond acceptors (Lipinski definition) is 3. The molecule has 1 amide bonds. The molecule has 0 unspecified atom stereocenters. The summed E-state index contributed by atoms with van der Waals surface area (Å²) in [4.78, 5) is 14.3. The Labute approximate surface area is 97.0 Å². The van der Waals surface area contributed by atoms with E-state index in [-0.39, 0.29) is 18.0 Å². The van der Waals surface area contributed by atoms with Crippen LogP contribution in [0.2, 0.25) is 0 Å². The van der Waals surface area contributed by atoms with Crippen molar-refractivity contribution < 1.29 is 4.79 Å². The number of nitrogens with zero attached hydrogens (tertiary/aromatic N) is 1. The Morgan fingerprint density at radius 1 is 1.40 bits per heavy atom. The molecule has 0 bridgehead atoms. The molecule has 1 atom stereocenters. The molecule has 88 valence electrons. The molecule has 3 nitrogen and oxygen atoms in total. The molecule has 4 heteroatoms. The first-order valence-corrected chi connectivity index (χ1v) is 6.81. The fraction of sp³-hybridized carbons (Fsp3) is 0.909. The lowest BCUT2D eigenvalue weighted by Gasteiger charge is -2.37. The van der Waals surface area contributed by atoms with E-state index in [0.29, 0.717) is 6.04 Å². The van der Waals surface area contributed by atoms with Crippen LogP contribution in [-0.2, 0) is 4.79 Å². The van der Waals surface area contributed by atoms with Crippen molar-refractivity contribution in [2.45, 2.75) is 45.8 Å². The molecule has 15 heavy (non-hydrogen) atoms. The number of carbonyl (C=O) groups is 1. The van der Waals surface area contributed by atoms with Crippen LogP contribution in [0.15, 0.2) is 0 Å². The topological polar surface area (TPSA) is 32.3 Å². The van der Waals surface area contributed by atoms with Crippen LogP contribution in [0.5, 0.6) is 0 Å². The van der Waals surface area contributed by atoms with Crippen LogP contribution in [-0.4, -0.2) is 47.0 Å². The summed E-state index contributed by atoms with van der Waals surface area (Å²) < 4.78 is 0. The number of rotatable bonds is 3. The second-order valence-corrected chi connectivity index (χ2v) is 5.74. The molecule has 0 aromatic carbocycles. The number of thioether (sulfide) groups is 1. The van der Waals surface area contributed by atoms with Gasteiger partial charge in [0.05, 0.1) is 6.04 Å². The van der Waals surface area contributed by atoms with Gasteiger partial charge in [0, 0.05) is 30.1 Å². The Balaban J connectivity index is 2.59. The lowest BCUT2D eigenvalue weighted by atomic mass is 10.2. The Hall–Kier alpha value is -0.220. The SMILES string of the molecule is CC(C)NC(=O)[C@@H]1CSCCN1C(C)C. The van der Waals surface area contributed by atoms with Crippen molar-refractivity contribution in [2.24, 2.45) is 0 Å². The van der Waals surface area contributed by atoms with Crippen LogP contribution in [0.3, 0.4) is 0 Å². The second kappa shape index (κ2) is 5.75. The molecule has 1 fully saturated rings. The van der Waals surface area contributed by atoms with Gasteiger partial charge in [0.2, 0.25) is 5.91 Å². The van der Waals surface area contributed by atoms with E-state index in [9.17, 15) is 4.79 Å². The zero-order valence-corrected chi connectivity index (χ0v) is 10.9. The standard InChI is InChI=1S/C11H22N2OS/c1-8(2)12-11(14)10-7-15-6-5-13(10)9(3)4/h8-10H,5-7H2,1-4H3,(H,12,14)/t10-/m0/s1. The number of amides is 1. The summed E-state index contributed by atoms with van der Waals surface area (Å²) in [6.45, 7) is 9.36. The van der Waals surface area contributed by atoms with Gasteiger partial charge >= 0.3 is 0 Å². The van der Waals surface area contributed by atoms with Gasteiger partial charge in [0.25, 0.3) is 0 Å². The van der Waals surface area contributed by atoms with Crippen molar-refractivity contribution in [3.63, 3.8) is 0 Å². The Morgan fingerprint density at radius 2 is 2.07 bits per heavy atom. The molecule has 0 spiro atoms. The van der Waals surface area contributed by atoms with Gasteiger partial charge in [-0.25, -0.2) is 0 Å². The van der Waals surface area contributed by atoms with Crippen LogP contribution in [0.1, 0.15) is 27.7 Å². The van der Waals surface area contributed by atoms with Crippen molar-refractivity contribution in [1.82, 2.24) is 10.2 Å². The lowest BCUT2D eigenvalue weighted by Crippen LogP contribution is -2.55. The number of nitrogens with one attached hydrogen (secondary N) is 1. The first-order valence-electron chi connectivity index (χ1n) is 5.66. The highest BCUT2D eigenvalue weighted by atomic mass is 32.2. The Morgan fingerprint density at radius 3 is 2.60 bits per heavy atom. The zero-order chi connectivity index (χ0) is 11.4. The fourth-order valence-corrected chi connectivity index (χ4v) is 2.91. The summed E-state index contributed by atoms with van der Waals surface area (Å²) >= 11 is 1.88. The van der Waals surface area contributed by atoms with Crippen LogP contribution in [0, 0.1) is 0 Å². The van der Waals surface area contributed by atoms with Gasteiger partial charge in [-0.2, -0.15) is 11.8 Å². The highest BCUT2D eigenvalue weighted by molar-refractivity contribution is 7.99. The van der Waals surface area contributed by atoms with E-state index >= 15 is 0 Å². The van der Waals surface area contributed by atoms with Gasteiger partial charge in [0.1, 0.15) is 0 Å². The first kappa shape index (κ1) is 12.8. The summed E-state index contributed by atoms with van der Waals surface area (Å²) in [6, 6.07) is 0.749. The zero-order valence-electron chi connectivity index (χ0n) is 10.1. The normalized spacial score (nSPS) is 23.5. The third kappa shape index (κ3) is 3.68. The summed E-state index contributed by atoms with van der Waals surface area (Å²) in [5.41, 5.74) is 0. The predicted octanol–water partition coefficient (Wildman–Crippen LogP) is 1.34. The van der Waals surface area contributed by atoms with Crippen molar-refractivity contribution in [3.05, 3.63) is 0 Å². The smallest absolute Gasteiger partial charge is 0.238 e. The highest BCUT2D eigenvalue weighted by Crippen LogP contribution is 2.19. The van der Waals surface area contributed by atoms with E-state index in [4.69, 9.17) is 0 Å². The van der Waals surface area contributed by atoms with E-state index in [1.165, 1.54) is 0 Å². The molecule has 0 saturated carbocycles. The van der Waals surface area contributed by atoms with Gasteiger partial charge in [0.15, 0.2) is 0 Å². The molecule has 1 heterocycles. The van der Waals surface area contributed by atoms with Crippen molar-refractivity contribution in [3.8, 4) is 0 Å². The predicted molar refractivity (Wildman–Crippen MR) is 66.2 cm³/mol. The van der Waals surface area contributed by atoms with Gasteiger partial charge in [-0.15, -0.1) is 0 Å². The molecule has 1 aliphatic heterocycles. The van der Waals surface area contributed by atoms with Crippen LogP contribution in [0.4, 0.5) is 0 Å². The van der Waals surface area contributed by atoms with Gasteiger partial charge < -0.3 is 5.32 Å². The fourth-order valence-electron chi connectivity index (χ4n) is 1.84. The second-order valence-electron chi connectivity index (χ2n) is 4.59. The molecule has 0 radical (unpaired) electrons. The lowest BCUT2D eigenvalue weighted by molar-refractivity contribution is -0.126. The maximum atomic E-state index is 12.0. The molecule has 0 aromatic heterocycles. The molecular weight excluding hydrogens is 208 g/mol. The molecule has 1 saturated heterocycles. The molecule has 0 aromatic rings. The van der Waals surface area contributed by atoms with Crippen molar-refractivity contribution >= 4 is 17.7 Å². The monoisotopic (exact) mass is 230 g/mol. The van der Waals surface area contributed by atoms with E-state index in [1.54, 1.807) is 0 Å². The van der Waals surface area contributed by atoms with E-state index < -0.39 is 0 Å². The summed E-state index contributed by atoms with van der Waals surface area (Å²) in [6.07, 6.45) is 0. The average molecular weight is 230 g/mol. The van der Waals surface area contributed by atoms with Crippen molar-refractivity contribution in [2.75, 3.05) is 18.1 Å². The van der Waals surface area contributed by atoms with Gasteiger partial charge in [-0.05, 0) is 27.7 Å². The highest BCUT2D eigenvalue weighted by Gasteiger charge is 2.30. The first-order chi connectivity index (χ1) is 7.02.